The van der Waals surface area contributed by atoms with E-state index in [1.165, 1.54) is 30.2 Å². The second kappa shape index (κ2) is 13.9. The normalized spacial score (nSPS) is 12.5. The Bertz CT molecular complexity index is 1510. The standard InChI is InChI=1S/C31H36F3N3O5S/c1-6-28(30(39)35-21(2)3)36(19-23-12-14-26(42-5)15-13-23)29(38)20-37(25-9-7-8-24(18-25)31(32,33)34)43(40,41)27-16-10-22(4)11-17-27/h7-18,21,28H,6,19-20H2,1-5H3,(H,35,39). The first-order valence-electron chi connectivity index (χ1n) is 13.7. The fraction of sp³-hybridized carbons (Fsp3) is 0.355. The zero-order valence-corrected chi connectivity index (χ0v) is 25.5. The summed E-state index contributed by atoms with van der Waals surface area (Å²) in [6, 6.07) is 15.1. The molecule has 1 unspecified atom stereocenters. The molecule has 0 aliphatic carbocycles. The maximum atomic E-state index is 14.1. The van der Waals surface area contributed by atoms with Crippen molar-refractivity contribution in [2.24, 2.45) is 0 Å². The summed E-state index contributed by atoms with van der Waals surface area (Å²) >= 11 is 0. The molecular formula is C31H36F3N3O5S. The molecule has 8 nitrogen and oxygen atoms in total. The van der Waals surface area contributed by atoms with E-state index in [2.05, 4.69) is 5.32 Å². The van der Waals surface area contributed by atoms with Crippen molar-refractivity contribution >= 4 is 27.5 Å². The summed E-state index contributed by atoms with van der Waals surface area (Å²) in [7, 11) is -3.01. The van der Waals surface area contributed by atoms with E-state index in [-0.39, 0.29) is 29.6 Å². The Morgan fingerprint density at radius 3 is 2.14 bits per heavy atom. The number of aryl methyl sites for hydroxylation is 1. The summed E-state index contributed by atoms with van der Waals surface area (Å²) in [5.74, 6) is -0.632. The summed E-state index contributed by atoms with van der Waals surface area (Å²) in [6.45, 7) is 6.10. The molecule has 0 aliphatic rings. The van der Waals surface area contributed by atoms with E-state index in [0.29, 0.717) is 21.7 Å². The van der Waals surface area contributed by atoms with Gasteiger partial charge < -0.3 is 15.0 Å². The second-order valence-electron chi connectivity index (χ2n) is 10.3. The Labute approximate surface area is 250 Å². The molecule has 0 fully saturated rings. The molecule has 3 aromatic carbocycles. The lowest BCUT2D eigenvalue weighted by atomic mass is 10.1. The molecule has 0 saturated heterocycles. The molecule has 3 aromatic rings. The molecule has 0 radical (unpaired) electrons. The van der Waals surface area contributed by atoms with Crippen LogP contribution in [0.1, 0.15) is 43.9 Å². The van der Waals surface area contributed by atoms with Crippen molar-refractivity contribution in [2.75, 3.05) is 18.0 Å². The lowest BCUT2D eigenvalue weighted by molar-refractivity contribution is -0.140. The van der Waals surface area contributed by atoms with Gasteiger partial charge in [0.1, 0.15) is 18.3 Å². The summed E-state index contributed by atoms with van der Waals surface area (Å²) in [6.07, 6.45) is -4.54. The first-order chi connectivity index (χ1) is 20.2. The fourth-order valence-corrected chi connectivity index (χ4v) is 5.84. The van der Waals surface area contributed by atoms with Crippen LogP contribution in [0.4, 0.5) is 18.9 Å². The summed E-state index contributed by atoms with van der Waals surface area (Å²) in [5.41, 5.74) is -0.00237. The number of carbonyl (C=O) groups excluding carboxylic acids is 2. The van der Waals surface area contributed by atoms with Crippen LogP contribution in [-0.2, 0) is 32.3 Å². The van der Waals surface area contributed by atoms with Gasteiger partial charge in [-0.2, -0.15) is 13.2 Å². The van der Waals surface area contributed by atoms with E-state index in [1.807, 2.05) is 0 Å². The van der Waals surface area contributed by atoms with Gasteiger partial charge in [-0.3, -0.25) is 13.9 Å². The average molecular weight is 620 g/mol. The van der Waals surface area contributed by atoms with E-state index in [4.69, 9.17) is 4.74 Å². The van der Waals surface area contributed by atoms with Gasteiger partial charge in [-0.1, -0.05) is 42.8 Å². The number of amides is 2. The number of hydrogen-bond donors (Lipinski definition) is 1. The SMILES string of the molecule is CCC(C(=O)NC(C)C)N(Cc1ccc(OC)cc1)C(=O)CN(c1cccc(C(F)(F)F)c1)S(=O)(=O)c1ccc(C)cc1. The molecule has 43 heavy (non-hydrogen) atoms. The quantitative estimate of drug-likeness (QED) is 0.287. The molecule has 0 aliphatic heterocycles. The molecule has 0 saturated carbocycles. The van der Waals surface area contributed by atoms with Gasteiger partial charge in [0.25, 0.3) is 10.0 Å². The number of anilines is 1. The third-order valence-corrected chi connectivity index (χ3v) is 8.47. The molecule has 0 heterocycles. The molecule has 0 spiro atoms. The minimum absolute atomic E-state index is 0.0616. The second-order valence-corrected chi connectivity index (χ2v) is 12.2. The van der Waals surface area contributed by atoms with E-state index < -0.39 is 46.2 Å². The Morgan fingerprint density at radius 1 is 0.977 bits per heavy atom. The molecule has 1 N–H and O–H groups in total. The first-order valence-corrected chi connectivity index (χ1v) is 15.1. The van der Waals surface area contributed by atoms with Gasteiger partial charge in [0.2, 0.25) is 11.8 Å². The van der Waals surface area contributed by atoms with E-state index in [9.17, 15) is 31.2 Å². The first kappa shape index (κ1) is 33.4. The number of halogens is 3. The Balaban J connectivity index is 2.12. The van der Waals surface area contributed by atoms with Crippen LogP contribution in [0.25, 0.3) is 0 Å². The maximum Gasteiger partial charge on any atom is 0.416 e. The number of alkyl halides is 3. The molecule has 0 bridgehead atoms. The van der Waals surface area contributed by atoms with E-state index >= 15 is 0 Å². The van der Waals surface area contributed by atoms with Crippen LogP contribution in [0.15, 0.2) is 77.7 Å². The molecular weight excluding hydrogens is 583 g/mol. The van der Waals surface area contributed by atoms with Crippen molar-refractivity contribution < 1.29 is 35.9 Å². The number of sulfonamides is 1. The van der Waals surface area contributed by atoms with Gasteiger partial charge in [0, 0.05) is 12.6 Å². The topological polar surface area (TPSA) is 96.0 Å². The van der Waals surface area contributed by atoms with Crippen molar-refractivity contribution in [2.45, 2.75) is 63.8 Å². The number of ether oxygens (including phenoxy) is 1. The van der Waals surface area contributed by atoms with Gasteiger partial charge in [-0.25, -0.2) is 8.42 Å². The highest BCUT2D eigenvalue weighted by molar-refractivity contribution is 7.92. The van der Waals surface area contributed by atoms with Crippen molar-refractivity contribution in [1.29, 1.82) is 0 Å². The summed E-state index contributed by atoms with van der Waals surface area (Å²) < 4.78 is 74.5. The smallest absolute Gasteiger partial charge is 0.416 e. The molecule has 0 aromatic heterocycles. The van der Waals surface area contributed by atoms with Crippen LogP contribution < -0.4 is 14.4 Å². The zero-order valence-electron chi connectivity index (χ0n) is 24.7. The van der Waals surface area contributed by atoms with Crippen molar-refractivity contribution in [3.63, 3.8) is 0 Å². The van der Waals surface area contributed by atoms with Crippen LogP contribution in [0.5, 0.6) is 5.75 Å². The highest BCUT2D eigenvalue weighted by atomic mass is 32.2. The minimum Gasteiger partial charge on any atom is -0.497 e. The maximum absolute atomic E-state index is 14.1. The lowest BCUT2D eigenvalue weighted by Crippen LogP contribution is -2.53. The molecule has 1 atom stereocenters. The number of rotatable bonds is 12. The van der Waals surface area contributed by atoms with Gasteiger partial charge in [-0.05, 0) is 75.2 Å². The van der Waals surface area contributed by atoms with Gasteiger partial charge in [0.05, 0.1) is 23.3 Å². The Hall–Kier alpha value is -4.06. The zero-order chi connectivity index (χ0) is 31.9. The van der Waals surface area contributed by atoms with Crippen LogP contribution in [0, 0.1) is 6.92 Å². The average Bonchev–Trinajstić information content (AvgIpc) is 2.95. The van der Waals surface area contributed by atoms with Crippen LogP contribution in [0.3, 0.4) is 0 Å². The van der Waals surface area contributed by atoms with Crippen molar-refractivity contribution in [1.82, 2.24) is 10.2 Å². The molecule has 232 valence electrons. The number of carbonyl (C=O) groups is 2. The van der Waals surface area contributed by atoms with E-state index in [1.54, 1.807) is 64.1 Å². The van der Waals surface area contributed by atoms with Crippen LogP contribution in [0.2, 0.25) is 0 Å². The Kier molecular flexibility index (Phi) is 10.8. The van der Waals surface area contributed by atoms with Gasteiger partial charge >= 0.3 is 6.18 Å². The van der Waals surface area contributed by atoms with Crippen molar-refractivity contribution in [3.05, 3.63) is 89.5 Å². The van der Waals surface area contributed by atoms with E-state index in [0.717, 1.165) is 17.7 Å². The summed E-state index contributed by atoms with van der Waals surface area (Å²) in [4.78, 5) is 28.3. The number of benzene rings is 3. The molecule has 2 amide bonds. The predicted molar refractivity (Wildman–Crippen MR) is 158 cm³/mol. The van der Waals surface area contributed by atoms with Crippen LogP contribution in [-0.4, -0.2) is 50.9 Å². The number of methoxy groups -OCH3 is 1. The highest BCUT2D eigenvalue weighted by Crippen LogP contribution is 2.33. The number of nitrogens with zero attached hydrogens (tertiary/aromatic N) is 2. The van der Waals surface area contributed by atoms with Gasteiger partial charge in [-0.15, -0.1) is 0 Å². The summed E-state index contributed by atoms with van der Waals surface area (Å²) in [5, 5.41) is 2.79. The number of hydrogen-bond acceptors (Lipinski definition) is 5. The number of nitrogens with one attached hydrogen (secondary N) is 1. The fourth-order valence-electron chi connectivity index (χ4n) is 4.43. The molecule has 12 heteroatoms. The largest absolute Gasteiger partial charge is 0.497 e. The lowest BCUT2D eigenvalue weighted by Gasteiger charge is -2.33. The van der Waals surface area contributed by atoms with Gasteiger partial charge in [0.15, 0.2) is 0 Å². The van der Waals surface area contributed by atoms with Crippen LogP contribution >= 0.6 is 0 Å². The monoisotopic (exact) mass is 619 g/mol. The predicted octanol–water partition coefficient (Wildman–Crippen LogP) is 5.55. The highest BCUT2D eigenvalue weighted by Gasteiger charge is 2.36. The third-order valence-electron chi connectivity index (χ3n) is 6.68. The van der Waals surface area contributed by atoms with Crippen molar-refractivity contribution in [3.8, 4) is 5.75 Å². The minimum atomic E-state index is -4.75. The third kappa shape index (κ3) is 8.50. The molecule has 3 rings (SSSR count). The Morgan fingerprint density at radius 2 is 1.60 bits per heavy atom.